The normalized spacial score (nSPS) is 15.8. The zero-order chi connectivity index (χ0) is 14.0. The third-order valence-corrected chi connectivity index (χ3v) is 3.62. The molecule has 0 unspecified atom stereocenters. The predicted octanol–water partition coefficient (Wildman–Crippen LogP) is 2.74. The molecule has 3 heteroatoms. The fraction of sp³-hybridized carbons (Fsp3) is 0.471. The molecule has 2 rings (SSSR count). The molecule has 2 N–H and O–H groups in total. The van der Waals surface area contributed by atoms with E-state index in [1.807, 2.05) is 18.2 Å². The van der Waals surface area contributed by atoms with E-state index in [9.17, 15) is 4.79 Å². The highest BCUT2D eigenvalue weighted by Crippen LogP contribution is 2.17. The molecule has 1 aromatic rings. The van der Waals surface area contributed by atoms with Gasteiger partial charge in [-0.2, -0.15) is 0 Å². The Labute approximate surface area is 121 Å². The van der Waals surface area contributed by atoms with Gasteiger partial charge in [-0.1, -0.05) is 55.3 Å². The number of carbonyl (C=O) groups excluding carboxylic acids is 1. The van der Waals surface area contributed by atoms with E-state index in [1.54, 1.807) is 0 Å². The fourth-order valence-electron chi connectivity index (χ4n) is 2.52. The van der Waals surface area contributed by atoms with E-state index in [4.69, 9.17) is 0 Å². The second kappa shape index (κ2) is 8.54. The first-order valence-electron chi connectivity index (χ1n) is 7.56. The SMILES string of the molecule is O=C(CCNCC=Cc1ccccc1)NC1CCCC1. The minimum Gasteiger partial charge on any atom is -0.353 e. The highest BCUT2D eigenvalue weighted by Gasteiger charge is 2.16. The Morgan fingerprint density at radius 3 is 2.70 bits per heavy atom. The largest absolute Gasteiger partial charge is 0.353 e. The number of rotatable bonds is 7. The van der Waals surface area contributed by atoms with Crippen LogP contribution >= 0.6 is 0 Å². The van der Waals surface area contributed by atoms with Crippen molar-refractivity contribution in [1.82, 2.24) is 10.6 Å². The molecule has 0 heterocycles. The molecule has 0 bridgehead atoms. The van der Waals surface area contributed by atoms with E-state index in [-0.39, 0.29) is 5.91 Å². The highest BCUT2D eigenvalue weighted by molar-refractivity contribution is 5.76. The second-order valence-corrected chi connectivity index (χ2v) is 5.32. The zero-order valence-corrected chi connectivity index (χ0v) is 12.0. The van der Waals surface area contributed by atoms with E-state index < -0.39 is 0 Å². The summed E-state index contributed by atoms with van der Waals surface area (Å²) in [6.07, 6.45) is 9.56. The summed E-state index contributed by atoms with van der Waals surface area (Å²) >= 11 is 0. The maximum atomic E-state index is 11.7. The van der Waals surface area contributed by atoms with Gasteiger partial charge >= 0.3 is 0 Å². The Kier molecular flexibility index (Phi) is 6.32. The van der Waals surface area contributed by atoms with Gasteiger partial charge in [-0.3, -0.25) is 4.79 Å². The van der Waals surface area contributed by atoms with Crippen molar-refractivity contribution < 1.29 is 4.79 Å². The topological polar surface area (TPSA) is 41.1 Å². The quantitative estimate of drug-likeness (QED) is 0.749. The molecule has 1 aliphatic carbocycles. The summed E-state index contributed by atoms with van der Waals surface area (Å²) in [5.74, 6) is 0.177. The minimum absolute atomic E-state index is 0.177. The molecule has 20 heavy (non-hydrogen) atoms. The fourth-order valence-corrected chi connectivity index (χ4v) is 2.52. The van der Waals surface area contributed by atoms with Crippen LogP contribution in [0, 0.1) is 0 Å². The molecule has 1 aliphatic rings. The maximum absolute atomic E-state index is 11.7. The Hall–Kier alpha value is -1.61. The third kappa shape index (κ3) is 5.57. The summed E-state index contributed by atoms with van der Waals surface area (Å²) in [5, 5.41) is 6.36. The molecule has 1 aromatic carbocycles. The Morgan fingerprint density at radius 1 is 1.20 bits per heavy atom. The van der Waals surface area contributed by atoms with E-state index in [0.717, 1.165) is 25.9 Å². The van der Waals surface area contributed by atoms with Gasteiger partial charge in [-0.25, -0.2) is 0 Å². The van der Waals surface area contributed by atoms with E-state index in [2.05, 4.69) is 34.9 Å². The van der Waals surface area contributed by atoms with Crippen LogP contribution in [0.1, 0.15) is 37.7 Å². The van der Waals surface area contributed by atoms with Gasteiger partial charge in [0, 0.05) is 25.6 Å². The van der Waals surface area contributed by atoms with Crippen molar-refractivity contribution in [2.24, 2.45) is 0 Å². The molecule has 0 spiro atoms. The van der Waals surface area contributed by atoms with Crippen molar-refractivity contribution >= 4 is 12.0 Å². The number of hydrogen-bond donors (Lipinski definition) is 2. The number of amides is 1. The Bertz CT molecular complexity index is 422. The average Bonchev–Trinajstić information content (AvgIpc) is 2.96. The van der Waals surface area contributed by atoms with Crippen molar-refractivity contribution in [2.45, 2.75) is 38.1 Å². The van der Waals surface area contributed by atoms with Gasteiger partial charge in [0.15, 0.2) is 0 Å². The van der Waals surface area contributed by atoms with Crippen molar-refractivity contribution in [1.29, 1.82) is 0 Å². The summed E-state index contributed by atoms with van der Waals surface area (Å²) in [7, 11) is 0. The molecular formula is C17H24N2O. The van der Waals surface area contributed by atoms with Gasteiger partial charge in [0.1, 0.15) is 0 Å². The highest BCUT2D eigenvalue weighted by atomic mass is 16.1. The third-order valence-electron chi connectivity index (χ3n) is 3.62. The summed E-state index contributed by atoms with van der Waals surface area (Å²) in [5.41, 5.74) is 1.20. The molecular weight excluding hydrogens is 248 g/mol. The van der Waals surface area contributed by atoms with Crippen LogP contribution in [-0.2, 0) is 4.79 Å². The van der Waals surface area contributed by atoms with E-state index in [1.165, 1.54) is 18.4 Å². The van der Waals surface area contributed by atoms with Crippen LogP contribution in [0.25, 0.3) is 6.08 Å². The van der Waals surface area contributed by atoms with Crippen molar-refractivity contribution in [3.05, 3.63) is 42.0 Å². The molecule has 0 atom stereocenters. The Morgan fingerprint density at radius 2 is 1.95 bits per heavy atom. The molecule has 108 valence electrons. The van der Waals surface area contributed by atoms with Crippen molar-refractivity contribution in [3.8, 4) is 0 Å². The first-order valence-corrected chi connectivity index (χ1v) is 7.56. The summed E-state index contributed by atoms with van der Waals surface area (Å²) in [6, 6.07) is 10.6. The zero-order valence-electron chi connectivity index (χ0n) is 12.0. The van der Waals surface area contributed by atoms with Gasteiger partial charge in [0.25, 0.3) is 0 Å². The molecule has 0 saturated heterocycles. The lowest BCUT2D eigenvalue weighted by Gasteiger charge is -2.11. The lowest BCUT2D eigenvalue weighted by molar-refractivity contribution is -0.121. The molecule has 0 aromatic heterocycles. The monoisotopic (exact) mass is 272 g/mol. The smallest absolute Gasteiger partial charge is 0.221 e. The molecule has 0 aliphatic heterocycles. The number of nitrogens with one attached hydrogen (secondary N) is 2. The lowest BCUT2D eigenvalue weighted by atomic mass is 10.2. The molecule has 1 fully saturated rings. The van der Waals surface area contributed by atoms with Gasteiger partial charge in [0.05, 0.1) is 0 Å². The molecule has 0 radical (unpaired) electrons. The van der Waals surface area contributed by atoms with Gasteiger partial charge in [0.2, 0.25) is 5.91 Å². The van der Waals surface area contributed by atoms with Crippen LogP contribution in [0.2, 0.25) is 0 Å². The van der Waals surface area contributed by atoms with E-state index >= 15 is 0 Å². The summed E-state index contributed by atoms with van der Waals surface area (Å²) < 4.78 is 0. The second-order valence-electron chi connectivity index (χ2n) is 5.32. The molecule has 1 amide bonds. The first-order chi connectivity index (χ1) is 9.84. The van der Waals surface area contributed by atoms with Crippen LogP contribution in [0.15, 0.2) is 36.4 Å². The predicted molar refractivity (Wildman–Crippen MR) is 83.4 cm³/mol. The van der Waals surface area contributed by atoms with Crippen LogP contribution in [0.3, 0.4) is 0 Å². The van der Waals surface area contributed by atoms with Crippen LogP contribution < -0.4 is 10.6 Å². The van der Waals surface area contributed by atoms with Crippen molar-refractivity contribution in [3.63, 3.8) is 0 Å². The standard InChI is InChI=1S/C17H24N2O/c20-17(19-16-10-4-5-11-16)12-14-18-13-6-9-15-7-2-1-3-8-15/h1-3,6-9,16,18H,4-5,10-14H2,(H,19,20). The molecule has 3 nitrogen and oxygen atoms in total. The van der Waals surface area contributed by atoms with Crippen LogP contribution in [-0.4, -0.2) is 25.0 Å². The van der Waals surface area contributed by atoms with Gasteiger partial charge < -0.3 is 10.6 Å². The number of hydrogen-bond acceptors (Lipinski definition) is 2. The lowest BCUT2D eigenvalue weighted by Crippen LogP contribution is -2.34. The van der Waals surface area contributed by atoms with Gasteiger partial charge in [-0.15, -0.1) is 0 Å². The summed E-state index contributed by atoms with van der Waals surface area (Å²) in [6.45, 7) is 1.53. The first kappa shape index (κ1) is 14.8. The Balaban J connectivity index is 1.53. The summed E-state index contributed by atoms with van der Waals surface area (Å²) in [4.78, 5) is 11.7. The van der Waals surface area contributed by atoms with Crippen molar-refractivity contribution in [2.75, 3.05) is 13.1 Å². The van der Waals surface area contributed by atoms with Crippen LogP contribution in [0.5, 0.6) is 0 Å². The van der Waals surface area contributed by atoms with Crippen LogP contribution in [0.4, 0.5) is 0 Å². The van der Waals surface area contributed by atoms with Gasteiger partial charge in [-0.05, 0) is 18.4 Å². The average molecular weight is 272 g/mol. The minimum atomic E-state index is 0.177. The number of carbonyl (C=O) groups is 1. The maximum Gasteiger partial charge on any atom is 0.221 e. The molecule has 1 saturated carbocycles. The number of benzene rings is 1. The van der Waals surface area contributed by atoms with E-state index in [0.29, 0.717) is 12.5 Å².